The molecule has 2 aliphatic carbocycles. The van der Waals surface area contributed by atoms with E-state index in [4.69, 9.17) is 0 Å². The standard InChI is InChI=1S/C25H35N3O3S/c29-25(26-19-7-3-1-4-8-19)18-13-15-28(16-14-18)32(30,31)20-11-12-24-22(17-20)21-9-5-2-6-10-23(21)27-24/h11-12,17-19,27H,1-10,13-16H2,(H,26,29). The minimum Gasteiger partial charge on any atom is -0.358 e. The molecule has 0 radical (unpaired) electrons. The van der Waals surface area contributed by atoms with Crippen LogP contribution in [0.15, 0.2) is 23.1 Å². The van der Waals surface area contributed by atoms with Crippen LogP contribution in [0.4, 0.5) is 0 Å². The summed E-state index contributed by atoms with van der Waals surface area (Å²) in [4.78, 5) is 16.6. The molecule has 7 heteroatoms. The number of aromatic amines is 1. The average Bonchev–Trinajstić information content (AvgIpc) is 2.99. The van der Waals surface area contributed by atoms with Gasteiger partial charge in [0, 0.05) is 41.6 Å². The highest BCUT2D eigenvalue weighted by atomic mass is 32.2. The number of rotatable bonds is 4. The van der Waals surface area contributed by atoms with Crippen LogP contribution < -0.4 is 5.32 Å². The maximum absolute atomic E-state index is 13.4. The molecule has 0 bridgehead atoms. The van der Waals surface area contributed by atoms with Gasteiger partial charge >= 0.3 is 0 Å². The molecule has 0 spiro atoms. The van der Waals surface area contributed by atoms with E-state index >= 15 is 0 Å². The second kappa shape index (κ2) is 9.18. The summed E-state index contributed by atoms with van der Waals surface area (Å²) in [5.41, 5.74) is 3.61. The lowest BCUT2D eigenvalue weighted by Gasteiger charge is -2.32. The number of benzene rings is 1. The topological polar surface area (TPSA) is 82.3 Å². The molecule has 5 rings (SSSR count). The van der Waals surface area contributed by atoms with Gasteiger partial charge in [-0.15, -0.1) is 0 Å². The molecule has 1 aliphatic heterocycles. The van der Waals surface area contributed by atoms with Crippen molar-refractivity contribution < 1.29 is 13.2 Å². The van der Waals surface area contributed by atoms with E-state index in [0.29, 0.717) is 36.9 Å². The third-order valence-electron chi connectivity index (χ3n) is 7.73. The molecular formula is C25H35N3O3S. The highest BCUT2D eigenvalue weighted by molar-refractivity contribution is 7.89. The molecule has 6 nitrogen and oxygen atoms in total. The maximum Gasteiger partial charge on any atom is 0.243 e. The minimum absolute atomic E-state index is 0.0775. The summed E-state index contributed by atoms with van der Waals surface area (Å²) in [6.45, 7) is 0.822. The summed E-state index contributed by atoms with van der Waals surface area (Å²) in [5, 5.41) is 4.27. The van der Waals surface area contributed by atoms with Gasteiger partial charge in [0.05, 0.1) is 4.90 Å². The van der Waals surface area contributed by atoms with Gasteiger partial charge < -0.3 is 10.3 Å². The number of hydrogen-bond acceptors (Lipinski definition) is 3. The molecule has 1 saturated heterocycles. The summed E-state index contributed by atoms with van der Waals surface area (Å²) in [5.74, 6) is 0.0386. The number of carbonyl (C=O) groups excluding carboxylic acids is 1. The largest absolute Gasteiger partial charge is 0.358 e. The van der Waals surface area contributed by atoms with Crippen molar-refractivity contribution >= 4 is 26.8 Å². The highest BCUT2D eigenvalue weighted by Crippen LogP contribution is 2.32. The van der Waals surface area contributed by atoms with Gasteiger partial charge in [-0.3, -0.25) is 4.79 Å². The lowest BCUT2D eigenvalue weighted by Crippen LogP contribution is -2.45. The zero-order valence-electron chi connectivity index (χ0n) is 18.9. The average molecular weight is 458 g/mol. The molecule has 3 aliphatic rings. The smallest absolute Gasteiger partial charge is 0.243 e. The second-order valence-electron chi connectivity index (χ2n) is 9.87. The van der Waals surface area contributed by atoms with Crippen LogP contribution in [-0.2, 0) is 27.7 Å². The first-order chi connectivity index (χ1) is 15.5. The van der Waals surface area contributed by atoms with Crippen LogP contribution in [0.1, 0.15) is 75.5 Å². The van der Waals surface area contributed by atoms with Gasteiger partial charge in [0.2, 0.25) is 15.9 Å². The van der Waals surface area contributed by atoms with Crippen molar-refractivity contribution in [2.75, 3.05) is 13.1 Å². The number of hydrogen-bond donors (Lipinski definition) is 2. The molecule has 2 fully saturated rings. The van der Waals surface area contributed by atoms with Crippen LogP contribution >= 0.6 is 0 Å². The number of aromatic nitrogens is 1. The Bertz CT molecular complexity index is 1080. The zero-order valence-corrected chi connectivity index (χ0v) is 19.7. The number of sulfonamides is 1. The SMILES string of the molecule is O=C(NC1CCCCC1)C1CCN(S(=O)(=O)c2ccc3[nH]c4c(c3c2)CCCCC4)CC1. The van der Waals surface area contributed by atoms with Crippen molar-refractivity contribution in [3.05, 3.63) is 29.5 Å². The predicted molar refractivity (Wildman–Crippen MR) is 126 cm³/mol. The first-order valence-corrected chi connectivity index (χ1v) is 13.9. The van der Waals surface area contributed by atoms with Crippen LogP contribution in [0, 0.1) is 5.92 Å². The van der Waals surface area contributed by atoms with Crippen LogP contribution in [0.25, 0.3) is 10.9 Å². The summed E-state index contributed by atoms with van der Waals surface area (Å²) in [6.07, 6.45) is 12.6. The summed E-state index contributed by atoms with van der Waals surface area (Å²) in [7, 11) is -3.56. The Morgan fingerprint density at radius 2 is 1.66 bits per heavy atom. The highest BCUT2D eigenvalue weighted by Gasteiger charge is 2.33. The van der Waals surface area contributed by atoms with Gasteiger partial charge in [-0.25, -0.2) is 8.42 Å². The molecule has 1 aromatic carbocycles. The van der Waals surface area contributed by atoms with Gasteiger partial charge in [0.15, 0.2) is 0 Å². The summed E-state index contributed by atoms with van der Waals surface area (Å²) in [6, 6.07) is 5.82. The molecule has 1 aromatic heterocycles. The Morgan fingerprint density at radius 1 is 0.938 bits per heavy atom. The fourth-order valence-corrected chi connectivity index (χ4v) is 7.29. The zero-order chi connectivity index (χ0) is 22.1. The summed E-state index contributed by atoms with van der Waals surface area (Å²) < 4.78 is 28.4. The minimum atomic E-state index is -3.56. The fraction of sp³-hybridized carbons (Fsp3) is 0.640. The van der Waals surface area contributed by atoms with Crippen molar-refractivity contribution in [1.82, 2.24) is 14.6 Å². The van der Waals surface area contributed by atoms with Crippen LogP contribution in [0.2, 0.25) is 0 Å². The molecule has 174 valence electrons. The number of carbonyl (C=O) groups is 1. The van der Waals surface area contributed by atoms with Crippen molar-refractivity contribution in [2.45, 2.75) is 88.0 Å². The van der Waals surface area contributed by atoms with Crippen molar-refractivity contribution in [1.29, 1.82) is 0 Å². The van der Waals surface area contributed by atoms with Crippen molar-refractivity contribution in [2.24, 2.45) is 5.92 Å². The quantitative estimate of drug-likeness (QED) is 0.672. The first kappa shape index (κ1) is 22.0. The van der Waals surface area contributed by atoms with E-state index in [1.165, 1.54) is 43.4 Å². The van der Waals surface area contributed by atoms with Gasteiger partial charge in [-0.05, 0) is 75.1 Å². The van der Waals surface area contributed by atoms with E-state index in [0.717, 1.165) is 43.0 Å². The molecule has 1 amide bonds. The molecule has 1 saturated carbocycles. The van der Waals surface area contributed by atoms with E-state index in [-0.39, 0.29) is 11.8 Å². The van der Waals surface area contributed by atoms with Gasteiger partial charge in [-0.2, -0.15) is 4.31 Å². The van der Waals surface area contributed by atoms with Gasteiger partial charge in [0.1, 0.15) is 0 Å². The number of nitrogens with zero attached hydrogens (tertiary/aromatic N) is 1. The molecular weight excluding hydrogens is 422 g/mol. The molecule has 32 heavy (non-hydrogen) atoms. The van der Waals surface area contributed by atoms with E-state index in [9.17, 15) is 13.2 Å². The second-order valence-corrected chi connectivity index (χ2v) is 11.8. The number of piperidine rings is 1. The molecule has 0 unspecified atom stereocenters. The molecule has 2 aromatic rings. The normalized spacial score (nSPS) is 21.9. The molecule has 2 heterocycles. The third-order valence-corrected chi connectivity index (χ3v) is 9.63. The Hall–Kier alpha value is -1.86. The third kappa shape index (κ3) is 4.34. The Morgan fingerprint density at radius 3 is 2.44 bits per heavy atom. The summed E-state index contributed by atoms with van der Waals surface area (Å²) >= 11 is 0. The van der Waals surface area contributed by atoms with E-state index in [1.54, 1.807) is 10.4 Å². The van der Waals surface area contributed by atoms with Crippen LogP contribution in [0.5, 0.6) is 0 Å². The maximum atomic E-state index is 13.4. The first-order valence-electron chi connectivity index (χ1n) is 12.5. The number of aryl methyl sites for hydroxylation is 2. The monoisotopic (exact) mass is 457 g/mol. The Labute approximate surface area is 191 Å². The lowest BCUT2D eigenvalue weighted by molar-refractivity contribution is -0.127. The number of fused-ring (bicyclic) bond motifs is 3. The van der Waals surface area contributed by atoms with E-state index < -0.39 is 10.0 Å². The Balaban J connectivity index is 1.27. The van der Waals surface area contributed by atoms with E-state index in [2.05, 4.69) is 10.3 Å². The van der Waals surface area contributed by atoms with Gasteiger partial charge in [0.25, 0.3) is 0 Å². The van der Waals surface area contributed by atoms with Crippen molar-refractivity contribution in [3.63, 3.8) is 0 Å². The van der Waals surface area contributed by atoms with Crippen LogP contribution in [0.3, 0.4) is 0 Å². The predicted octanol–water partition coefficient (Wildman–Crippen LogP) is 4.29. The fourth-order valence-electron chi connectivity index (χ4n) is 5.80. The Kier molecular flexibility index (Phi) is 6.30. The molecule has 2 N–H and O–H groups in total. The number of H-pyrrole nitrogens is 1. The number of amides is 1. The number of nitrogens with one attached hydrogen (secondary N) is 2. The van der Waals surface area contributed by atoms with Gasteiger partial charge in [-0.1, -0.05) is 25.7 Å². The molecule has 0 atom stereocenters. The van der Waals surface area contributed by atoms with E-state index in [1.807, 2.05) is 12.1 Å². The lowest BCUT2D eigenvalue weighted by atomic mass is 9.93. The van der Waals surface area contributed by atoms with Crippen LogP contribution in [-0.4, -0.2) is 42.7 Å². The van der Waals surface area contributed by atoms with Crippen molar-refractivity contribution in [3.8, 4) is 0 Å².